The molecule has 0 aliphatic carbocycles. The fourth-order valence-electron chi connectivity index (χ4n) is 2.00. The lowest BCUT2D eigenvalue weighted by Crippen LogP contribution is -2.42. The maximum atomic E-state index is 12.1. The third-order valence-corrected chi connectivity index (χ3v) is 3.16. The molecule has 0 radical (unpaired) electrons. The first-order valence-electron chi connectivity index (χ1n) is 5.91. The number of rotatable bonds is 4. The number of likely N-dealkylation sites (N-methyl/N-ethyl adjacent to an activating group) is 1. The summed E-state index contributed by atoms with van der Waals surface area (Å²) in [7, 11) is 3.04. The van der Waals surface area contributed by atoms with Crippen molar-refractivity contribution in [2.75, 3.05) is 27.3 Å². The predicted molar refractivity (Wildman–Crippen MR) is 62.3 cm³/mol. The molecule has 0 aromatic carbocycles. The van der Waals surface area contributed by atoms with Crippen molar-refractivity contribution in [3.8, 4) is 0 Å². The van der Waals surface area contributed by atoms with Crippen LogP contribution in [0, 0.1) is 11.8 Å². The molecule has 3 unspecified atom stereocenters. The van der Waals surface area contributed by atoms with Crippen LogP contribution >= 0.6 is 0 Å². The Morgan fingerprint density at radius 2 is 2.18 bits per heavy atom. The molecule has 5 heteroatoms. The van der Waals surface area contributed by atoms with E-state index in [-0.39, 0.29) is 29.8 Å². The molecule has 0 spiro atoms. The van der Waals surface area contributed by atoms with Gasteiger partial charge in [0.25, 0.3) is 5.91 Å². The lowest BCUT2D eigenvalue weighted by atomic mass is 10.0. The van der Waals surface area contributed by atoms with Crippen LogP contribution in [0.1, 0.15) is 20.3 Å². The third kappa shape index (κ3) is 3.43. The van der Waals surface area contributed by atoms with Crippen molar-refractivity contribution in [3.05, 3.63) is 0 Å². The Labute approximate surface area is 102 Å². The van der Waals surface area contributed by atoms with Gasteiger partial charge in [-0.3, -0.25) is 9.59 Å². The zero-order chi connectivity index (χ0) is 13.0. The van der Waals surface area contributed by atoms with Gasteiger partial charge in [0.15, 0.2) is 0 Å². The van der Waals surface area contributed by atoms with Crippen LogP contribution in [0.3, 0.4) is 0 Å². The Morgan fingerprint density at radius 1 is 1.53 bits per heavy atom. The van der Waals surface area contributed by atoms with Crippen LogP contribution in [0.15, 0.2) is 0 Å². The molecule has 17 heavy (non-hydrogen) atoms. The monoisotopic (exact) mass is 243 g/mol. The van der Waals surface area contributed by atoms with Crippen LogP contribution in [0.4, 0.5) is 0 Å². The average molecular weight is 243 g/mol. The van der Waals surface area contributed by atoms with Crippen molar-refractivity contribution < 1.29 is 19.1 Å². The second-order valence-electron chi connectivity index (χ2n) is 4.70. The zero-order valence-corrected chi connectivity index (χ0v) is 10.9. The fraction of sp³-hybridized carbons (Fsp3) is 0.833. The highest BCUT2D eigenvalue weighted by molar-refractivity contribution is 5.82. The summed E-state index contributed by atoms with van der Waals surface area (Å²) >= 11 is 0. The van der Waals surface area contributed by atoms with Crippen LogP contribution < -0.4 is 0 Å². The maximum Gasteiger partial charge on any atom is 0.310 e. The van der Waals surface area contributed by atoms with Crippen LogP contribution in [0.2, 0.25) is 0 Å². The van der Waals surface area contributed by atoms with Gasteiger partial charge >= 0.3 is 5.97 Å². The first-order valence-corrected chi connectivity index (χ1v) is 5.91. The number of ether oxygens (including phenoxy) is 2. The Hall–Kier alpha value is -1.10. The molecule has 1 amide bonds. The van der Waals surface area contributed by atoms with Gasteiger partial charge in [0.2, 0.25) is 0 Å². The molecule has 1 aliphatic rings. The van der Waals surface area contributed by atoms with E-state index in [0.717, 1.165) is 6.42 Å². The highest BCUT2D eigenvalue weighted by atomic mass is 16.5. The summed E-state index contributed by atoms with van der Waals surface area (Å²) < 4.78 is 10.0. The SMILES string of the molecule is COC(=O)C(C)CN(C)C(=O)C1OCCC1C. The minimum Gasteiger partial charge on any atom is -0.469 e. The Balaban J connectivity index is 2.49. The lowest BCUT2D eigenvalue weighted by molar-refractivity contribution is -0.148. The summed E-state index contributed by atoms with van der Waals surface area (Å²) in [5.41, 5.74) is 0. The molecule has 0 aromatic heterocycles. The van der Waals surface area contributed by atoms with E-state index in [0.29, 0.717) is 13.2 Å². The van der Waals surface area contributed by atoms with Crippen LogP contribution in [0.25, 0.3) is 0 Å². The van der Waals surface area contributed by atoms with Gasteiger partial charge in [0, 0.05) is 20.2 Å². The van der Waals surface area contributed by atoms with Crippen molar-refractivity contribution in [3.63, 3.8) is 0 Å². The number of nitrogens with zero attached hydrogens (tertiary/aromatic N) is 1. The largest absolute Gasteiger partial charge is 0.469 e. The lowest BCUT2D eigenvalue weighted by Gasteiger charge is -2.24. The number of amides is 1. The van der Waals surface area contributed by atoms with E-state index in [2.05, 4.69) is 4.74 Å². The fourth-order valence-corrected chi connectivity index (χ4v) is 2.00. The van der Waals surface area contributed by atoms with Crippen LogP contribution in [-0.2, 0) is 19.1 Å². The second-order valence-corrected chi connectivity index (χ2v) is 4.70. The summed E-state index contributed by atoms with van der Waals surface area (Å²) in [6.45, 7) is 4.75. The molecule has 0 aromatic rings. The van der Waals surface area contributed by atoms with Crippen molar-refractivity contribution >= 4 is 11.9 Å². The van der Waals surface area contributed by atoms with Crippen molar-refractivity contribution in [2.45, 2.75) is 26.4 Å². The first kappa shape index (κ1) is 14.0. The standard InChI is InChI=1S/C12H21NO4/c1-8-5-6-17-10(8)11(14)13(3)7-9(2)12(15)16-4/h8-10H,5-7H2,1-4H3. The normalized spacial score (nSPS) is 25.4. The van der Waals surface area contributed by atoms with Gasteiger partial charge < -0.3 is 14.4 Å². The molecular formula is C12H21NO4. The van der Waals surface area contributed by atoms with E-state index in [4.69, 9.17) is 4.74 Å². The van der Waals surface area contributed by atoms with Gasteiger partial charge in [0.05, 0.1) is 13.0 Å². The summed E-state index contributed by atoms with van der Waals surface area (Å²) in [4.78, 5) is 24.9. The molecular weight excluding hydrogens is 222 g/mol. The highest BCUT2D eigenvalue weighted by Crippen LogP contribution is 2.21. The van der Waals surface area contributed by atoms with Gasteiger partial charge in [-0.2, -0.15) is 0 Å². The van der Waals surface area contributed by atoms with Crippen molar-refractivity contribution in [1.82, 2.24) is 4.90 Å². The van der Waals surface area contributed by atoms with Gasteiger partial charge in [-0.25, -0.2) is 0 Å². The molecule has 0 bridgehead atoms. The molecule has 3 atom stereocenters. The van der Waals surface area contributed by atoms with Gasteiger partial charge in [-0.05, 0) is 12.3 Å². The predicted octanol–water partition coefficient (Wildman–Crippen LogP) is 0.679. The smallest absolute Gasteiger partial charge is 0.310 e. The first-order chi connectivity index (χ1) is 7.97. The molecule has 1 heterocycles. The van der Waals surface area contributed by atoms with E-state index < -0.39 is 0 Å². The summed E-state index contributed by atoms with van der Waals surface area (Å²) in [5, 5.41) is 0. The van der Waals surface area contributed by atoms with E-state index >= 15 is 0 Å². The summed E-state index contributed by atoms with van der Waals surface area (Å²) in [5.74, 6) is -0.417. The van der Waals surface area contributed by atoms with Gasteiger partial charge in [-0.1, -0.05) is 13.8 Å². The molecule has 1 saturated heterocycles. The Bertz CT molecular complexity index is 292. The quantitative estimate of drug-likeness (QED) is 0.681. The Morgan fingerprint density at radius 3 is 2.65 bits per heavy atom. The second kappa shape index (κ2) is 6.00. The van der Waals surface area contributed by atoms with Gasteiger partial charge in [-0.15, -0.1) is 0 Å². The van der Waals surface area contributed by atoms with E-state index in [1.165, 1.54) is 7.11 Å². The minimum atomic E-state index is -0.357. The molecule has 0 saturated carbocycles. The van der Waals surface area contributed by atoms with Crippen molar-refractivity contribution in [2.24, 2.45) is 11.8 Å². The molecule has 1 aliphatic heterocycles. The van der Waals surface area contributed by atoms with Gasteiger partial charge in [0.1, 0.15) is 6.10 Å². The highest BCUT2D eigenvalue weighted by Gasteiger charge is 2.33. The number of hydrogen-bond donors (Lipinski definition) is 0. The van der Waals surface area contributed by atoms with E-state index in [1.807, 2.05) is 6.92 Å². The number of carbonyl (C=O) groups excluding carboxylic acids is 2. The van der Waals surface area contributed by atoms with E-state index in [9.17, 15) is 9.59 Å². The third-order valence-electron chi connectivity index (χ3n) is 3.16. The van der Waals surface area contributed by atoms with E-state index in [1.54, 1.807) is 18.9 Å². The van der Waals surface area contributed by atoms with Crippen LogP contribution in [0.5, 0.6) is 0 Å². The average Bonchev–Trinajstić information content (AvgIpc) is 2.73. The molecule has 1 rings (SSSR count). The number of carbonyl (C=O) groups is 2. The number of hydrogen-bond acceptors (Lipinski definition) is 4. The maximum absolute atomic E-state index is 12.1. The molecule has 5 nitrogen and oxygen atoms in total. The number of esters is 1. The molecule has 98 valence electrons. The molecule has 1 fully saturated rings. The van der Waals surface area contributed by atoms with Crippen LogP contribution in [-0.4, -0.2) is 50.2 Å². The number of methoxy groups -OCH3 is 1. The Kier molecular flexibility index (Phi) is 4.93. The minimum absolute atomic E-state index is 0.0502. The molecule has 0 N–H and O–H groups in total. The van der Waals surface area contributed by atoms with Crippen molar-refractivity contribution in [1.29, 1.82) is 0 Å². The zero-order valence-electron chi connectivity index (χ0n) is 10.9. The summed E-state index contributed by atoms with van der Waals surface area (Å²) in [6.07, 6.45) is 0.557. The summed E-state index contributed by atoms with van der Waals surface area (Å²) in [6, 6.07) is 0. The topological polar surface area (TPSA) is 55.8 Å².